The lowest BCUT2D eigenvalue weighted by atomic mass is 9.93. The van der Waals surface area contributed by atoms with Crippen LogP contribution in [0.15, 0.2) is 18.2 Å². The average Bonchev–Trinajstić information content (AvgIpc) is 2.83. The van der Waals surface area contributed by atoms with E-state index in [0.717, 1.165) is 30.6 Å². The van der Waals surface area contributed by atoms with Crippen LogP contribution >= 0.6 is 0 Å². The van der Waals surface area contributed by atoms with Gasteiger partial charge in [0.05, 0.1) is 12.2 Å². The molecule has 2 aliphatic heterocycles. The van der Waals surface area contributed by atoms with Crippen molar-refractivity contribution in [2.45, 2.75) is 32.3 Å². The third-order valence-corrected chi connectivity index (χ3v) is 3.84. The van der Waals surface area contributed by atoms with E-state index in [1.165, 1.54) is 0 Å². The number of benzene rings is 1. The predicted octanol–water partition coefficient (Wildman–Crippen LogP) is 2.62. The fourth-order valence-corrected chi connectivity index (χ4v) is 2.77. The van der Waals surface area contributed by atoms with Crippen molar-refractivity contribution in [3.63, 3.8) is 0 Å². The van der Waals surface area contributed by atoms with Gasteiger partial charge in [0.25, 0.3) is 0 Å². The molecule has 0 radical (unpaired) electrons. The molecule has 1 aromatic carbocycles. The number of hydrogen-bond donors (Lipinski definition) is 0. The Morgan fingerprint density at radius 2 is 2.22 bits per heavy atom. The fourth-order valence-electron chi connectivity index (χ4n) is 2.77. The van der Waals surface area contributed by atoms with E-state index >= 15 is 0 Å². The van der Waals surface area contributed by atoms with Crippen molar-refractivity contribution in [2.24, 2.45) is 5.92 Å². The highest BCUT2D eigenvalue weighted by molar-refractivity contribution is 6.02. The minimum absolute atomic E-state index is 0.0822. The predicted molar refractivity (Wildman–Crippen MR) is 68.1 cm³/mol. The molecule has 1 fully saturated rings. The first-order chi connectivity index (χ1) is 8.77. The minimum Gasteiger partial charge on any atom is -0.493 e. The van der Waals surface area contributed by atoms with E-state index < -0.39 is 0 Å². The van der Waals surface area contributed by atoms with Crippen molar-refractivity contribution in [2.75, 3.05) is 13.2 Å². The summed E-state index contributed by atoms with van der Waals surface area (Å²) in [7, 11) is 0. The third kappa shape index (κ3) is 1.93. The smallest absolute Gasteiger partial charge is 0.195 e. The lowest BCUT2D eigenvalue weighted by Crippen LogP contribution is -2.26. The monoisotopic (exact) mass is 246 g/mol. The molecule has 2 heterocycles. The number of para-hydroxylation sites is 1. The van der Waals surface area contributed by atoms with Gasteiger partial charge in [-0.05, 0) is 36.8 Å². The van der Waals surface area contributed by atoms with E-state index in [0.29, 0.717) is 24.7 Å². The topological polar surface area (TPSA) is 35.5 Å². The number of fused-ring (bicyclic) bond motifs is 1. The van der Waals surface area contributed by atoms with Crippen LogP contribution < -0.4 is 4.74 Å². The number of hydrogen-bond acceptors (Lipinski definition) is 3. The van der Waals surface area contributed by atoms with Crippen LogP contribution in [0.1, 0.15) is 35.7 Å². The van der Waals surface area contributed by atoms with Crippen LogP contribution in [0.4, 0.5) is 0 Å². The zero-order valence-electron chi connectivity index (χ0n) is 10.6. The van der Waals surface area contributed by atoms with Gasteiger partial charge in [-0.3, -0.25) is 4.79 Å². The van der Waals surface area contributed by atoms with Crippen LogP contribution in [0.2, 0.25) is 0 Å². The summed E-state index contributed by atoms with van der Waals surface area (Å²) in [4.78, 5) is 12.5. The van der Waals surface area contributed by atoms with Gasteiger partial charge in [-0.15, -0.1) is 0 Å². The van der Waals surface area contributed by atoms with Crippen LogP contribution in [0.5, 0.6) is 5.75 Å². The van der Waals surface area contributed by atoms with Crippen molar-refractivity contribution in [1.82, 2.24) is 0 Å². The lowest BCUT2D eigenvalue weighted by molar-refractivity contribution is 0.0575. The van der Waals surface area contributed by atoms with E-state index in [-0.39, 0.29) is 11.9 Å². The van der Waals surface area contributed by atoms with E-state index in [9.17, 15) is 4.79 Å². The van der Waals surface area contributed by atoms with Crippen molar-refractivity contribution < 1.29 is 14.3 Å². The van der Waals surface area contributed by atoms with Gasteiger partial charge in [-0.1, -0.05) is 19.1 Å². The summed E-state index contributed by atoms with van der Waals surface area (Å²) in [5.41, 5.74) is 1.85. The Morgan fingerprint density at radius 3 is 3.00 bits per heavy atom. The minimum atomic E-state index is -0.290. The molecule has 1 aromatic rings. The molecule has 18 heavy (non-hydrogen) atoms. The lowest BCUT2D eigenvalue weighted by Gasteiger charge is -2.21. The SMILES string of the molecule is CC1CCOC1C(=O)c1cccc2c1OCCC2. The number of ketones is 1. The summed E-state index contributed by atoms with van der Waals surface area (Å²) in [5, 5.41) is 0. The largest absolute Gasteiger partial charge is 0.493 e. The van der Waals surface area contributed by atoms with Crippen molar-refractivity contribution in [3.8, 4) is 5.75 Å². The first-order valence-corrected chi connectivity index (χ1v) is 6.68. The number of Topliss-reactive ketones (excluding diaryl/α,β-unsaturated/α-hetero) is 1. The first-order valence-electron chi connectivity index (χ1n) is 6.68. The Balaban J connectivity index is 1.94. The van der Waals surface area contributed by atoms with Crippen LogP contribution in [-0.4, -0.2) is 25.1 Å². The van der Waals surface area contributed by atoms with Gasteiger partial charge in [0.2, 0.25) is 0 Å². The van der Waals surface area contributed by atoms with Gasteiger partial charge in [0, 0.05) is 6.61 Å². The Bertz CT molecular complexity index is 467. The van der Waals surface area contributed by atoms with Gasteiger partial charge >= 0.3 is 0 Å². The Kier molecular flexibility index (Phi) is 3.08. The normalized spacial score (nSPS) is 26.5. The van der Waals surface area contributed by atoms with Crippen molar-refractivity contribution in [1.29, 1.82) is 0 Å². The van der Waals surface area contributed by atoms with E-state index in [1.807, 2.05) is 18.2 Å². The summed E-state index contributed by atoms with van der Waals surface area (Å²) in [6.45, 7) is 3.47. The summed E-state index contributed by atoms with van der Waals surface area (Å²) >= 11 is 0. The van der Waals surface area contributed by atoms with Crippen LogP contribution in [-0.2, 0) is 11.2 Å². The maximum absolute atomic E-state index is 12.5. The maximum atomic E-state index is 12.5. The number of carbonyl (C=O) groups is 1. The quantitative estimate of drug-likeness (QED) is 0.752. The molecule has 0 spiro atoms. The molecule has 1 saturated heterocycles. The van der Waals surface area contributed by atoms with Gasteiger partial charge in [-0.2, -0.15) is 0 Å². The molecule has 3 rings (SSSR count). The molecule has 96 valence electrons. The maximum Gasteiger partial charge on any atom is 0.195 e. The Morgan fingerprint density at radius 1 is 1.33 bits per heavy atom. The zero-order valence-corrected chi connectivity index (χ0v) is 10.6. The van der Waals surface area contributed by atoms with Crippen LogP contribution in [0.25, 0.3) is 0 Å². The second kappa shape index (κ2) is 4.73. The number of rotatable bonds is 2. The second-order valence-electron chi connectivity index (χ2n) is 5.17. The van der Waals surface area contributed by atoms with Gasteiger partial charge in [0.1, 0.15) is 11.9 Å². The van der Waals surface area contributed by atoms with E-state index in [1.54, 1.807) is 0 Å². The van der Waals surface area contributed by atoms with Gasteiger partial charge < -0.3 is 9.47 Å². The van der Waals surface area contributed by atoms with Crippen LogP contribution in [0, 0.1) is 5.92 Å². The molecule has 2 aliphatic rings. The highest BCUT2D eigenvalue weighted by Gasteiger charge is 2.33. The molecule has 2 unspecified atom stereocenters. The molecule has 0 saturated carbocycles. The molecule has 0 aromatic heterocycles. The highest BCUT2D eigenvalue weighted by atomic mass is 16.5. The zero-order chi connectivity index (χ0) is 12.5. The Hall–Kier alpha value is -1.35. The molecule has 0 N–H and O–H groups in total. The molecular weight excluding hydrogens is 228 g/mol. The van der Waals surface area contributed by atoms with Crippen molar-refractivity contribution >= 4 is 5.78 Å². The molecule has 3 nitrogen and oxygen atoms in total. The molecule has 0 amide bonds. The standard InChI is InChI=1S/C15H18O3/c1-10-7-9-18-14(10)13(16)12-6-2-4-11-5-3-8-17-15(11)12/h2,4,6,10,14H,3,5,7-9H2,1H3. The third-order valence-electron chi connectivity index (χ3n) is 3.84. The number of carbonyl (C=O) groups excluding carboxylic acids is 1. The summed E-state index contributed by atoms with van der Waals surface area (Å²) in [5.74, 6) is 1.17. The number of ether oxygens (including phenoxy) is 2. The first kappa shape index (κ1) is 11.7. The van der Waals surface area contributed by atoms with Crippen molar-refractivity contribution in [3.05, 3.63) is 29.3 Å². The van der Waals surface area contributed by atoms with E-state index in [2.05, 4.69) is 6.92 Å². The van der Waals surface area contributed by atoms with Gasteiger partial charge in [0.15, 0.2) is 5.78 Å². The molecule has 2 atom stereocenters. The molecule has 0 bridgehead atoms. The Labute approximate surface area is 107 Å². The molecule has 0 aliphatic carbocycles. The molecular formula is C15H18O3. The highest BCUT2D eigenvalue weighted by Crippen LogP contribution is 2.32. The summed E-state index contributed by atoms with van der Waals surface area (Å²) < 4.78 is 11.3. The van der Waals surface area contributed by atoms with Crippen LogP contribution in [0.3, 0.4) is 0 Å². The van der Waals surface area contributed by atoms with Gasteiger partial charge in [-0.25, -0.2) is 0 Å². The average molecular weight is 246 g/mol. The summed E-state index contributed by atoms with van der Waals surface area (Å²) in [6.07, 6.45) is 2.70. The number of aryl methyl sites for hydroxylation is 1. The summed E-state index contributed by atoms with van der Waals surface area (Å²) in [6, 6.07) is 5.85. The fraction of sp³-hybridized carbons (Fsp3) is 0.533. The van der Waals surface area contributed by atoms with E-state index in [4.69, 9.17) is 9.47 Å². The second-order valence-corrected chi connectivity index (χ2v) is 5.17. The molecule has 3 heteroatoms.